The minimum absolute atomic E-state index is 0.0762. The summed E-state index contributed by atoms with van der Waals surface area (Å²) < 4.78 is 5.01. The van der Waals surface area contributed by atoms with Crippen molar-refractivity contribution in [2.45, 2.75) is 26.3 Å². The van der Waals surface area contributed by atoms with Crippen molar-refractivity contribution in [3.63, 3.8) is 0 Å². The van der Waals surface area contributed by atoms with E-state index in [1.807, 2.05) is 26.8 Å². The normalized spacial score (nSPS) is 11.8. The Hall–Kier alpha value is -2.15. The van der Waals surface area contributed by atoms with Crippen molar-refractivity contribution in [3.8, 4) is 11.8 Å². The summed E-state index contributed by atoms with van der Waals surface area (Å²) in [6.07, 6.45) is 0. The van der Waals surface area contributed by atoms with Gasteiger partial charge in [-0.15, -0.1) is 0 Å². The van der Waals surface area contributed by atoms with E-state index >= 15 is 0 Å². The first-order chi connectivity index (χ1) is 8.37. The van der Waals surface area contributed by atoms with Gasteiger partial charge in [0.1, 0.15) is 11.8 Å². The molecule has 0 saturated heterocycles. The highest BCUT2D eigenvalue weighted by Gasteiger charge is 2.17. The number of rotatable bonds is 3. The van der Waals surface area contributed by atoms with Crippen LogP contribution in [0.3, 0.4) is 0 Å². The second kappa shape index (κ2) is 5.46. The Morgan fingerprint density at radius 1 is 1.28 bits per heavy atom. The van der Waals surface area contributed by atoms with E-state index in [4.69, 9.17) is 10.00 Å². The first-order valence-corrected chi connectivity index (χ1v) is 5.56. The number of carbonyl (C=O) groups is 1. The Morgan fingerprint density at radius 2 is 1.83 bits per heavy atom. The van der Waals surface area contributed by atoms with Crippen LogP contribution in [-0.4, -0.2) is 24.1 Å². The molecule has 0 aliphatic rings. The van der Waals surface area contributed by atoms with Crippen molar-refractivity contribution in [2.24, 2.45) is 4.99 Å². The van der Waals surface area contributed by atoms with Crippen LogP contribution in [0.2, 0.25) is 0 Å². The zero-order valence-electron chi connectivity index (χ0n) is 11.0. The van der Waals surface area contributed by atoms with Crippen LogP contribution in [0.5, 0.6) is 5.75 Å². The monoisotopic (exact) mass is 244 g/mol. The average molecular weight is 244 g/mol. The second-order valence-electron chi connectivity index (χ2n) is 4.80. The predicted molar refractivity (Wildman–Crippen MR) is 70.1 cm³/mol. The molecular formula is C14H16N2O2. The van der Waals surface area contributed by atoms with Gasteiger partial charge in [-0.3, -0.25) is 9.79 Å². The van der Waals surface area contributed by atoms with Gasteiger partial charge in [0.05, 0.1) is 12.6 Å². The zero-order chi connectivity index (χ0) is 13.8. The van der Waals surface area contributed by atoms with Crippen molar-refractivity contribution in [1.82, 2.24) is 0 Å². The molecule has 0 bridgehead atoms. The maximum absolute atomic E-state index is 12.1. The van der Waals surface area contributed by atoms with E-state index in [0.717, 1.165) is 0 Å². The SMILES string of the molecule is COc1ccc(C(=O)C(C#N)=NC(C)(C)C)cc1. The molecule has 0 spiro atoms. The van der Waals surface area contributed by atoms with E-state index in [1.54, 1.807) is 31.4 Å². The summed E-state index contributed by atoms with van der Waals surface area (Å²) in [5.41, 5.74) is -0.0966. The van der Waals surface area contributed by atoms with E-state index in [2.05, 4.69) is 4.99 Å². The van der Waals surface area contributed by atoms with Crippen LogP contribution in [0, 0.1) is 11.3 Å². The van der Waals surface area contributed by atoms with Gasteiger partial charge in [-0.25, -0.2) is 0 Å². The van der Waals surface area contributed by atoms with Gasteiger partial charge in [0.15, 0.2) is 5.71 Å². The molecule has 18 heavy (non-hydrogen) atoms. The number of nitrogens with zero attached hydrogens (tertiary/aromatic N) is 2. The summed E-state index contributed by atoms with van der Waals surface area (Å²) >= 11 is 0. The molecule has 0 aliphatic heterocycles. The fourth-order valence-electron chi connectivity index (χ4n) is 1.34. The Labute approximate surface area is 107 Å². The van der Waals surface area contributed by atoms with Gasteiger partial charge in [-0.2, -0.15) is 5.26 Å². The van der Waals surface area contributed by atoms with Crippen LogP contribution in [-0.2, 0) is 0 Å². The van der Waals surface area contributed by atoms with Crippen molar-refractivity contribution in [2.75, 3.05) is 7.11 Å². The van der Waals surface area contributed by atoms with E-state index in [1.165, 1.54) is 0 Å². The summed E-state index contributed by atoms with van der Waals surface area (Å²) in [6.45, 7) is 5.52. The number of nitriles is 1. The van der Waals surface area contributed by atoms with Crippen molar-refractivity contribution >= 4 is 11.5 Å². The summed E-state index contributed by atoms with van der Waals surface area (Å²) in [5.74, 6) is 0.299. The molecule has 94 valence electrons. The molecule has 0 unspecified atom stereocenters. The Bertz CT molecular complexity index is 502. The van der Waals surface area contributed by atoms with Gasteiger partial charge in [0.25, 0.3) is 0 Å². The van der Waals surface area contributed by atoms with E-state index < -0.39 is 5.54 Å². The highest BCUT2D eigenvalue weighted by molar-refractivity contribution is 6.51. The summed E-state index contributed by atoms with van der Waals surface area (Å²) in [5, 5.41) is 9.00. The third-order valence-electron chi connectivity index (χ3n) is 2.12. The highest BCUT2D eigenvalue weighted by atomic mass is 16.5. The zero-order valence-corrected chi connectivity index (χ0v) is 11.0. The molecule has 0 N–H and O–H groups in total. The summed E-state index contributed by atoms with van der Waals surface area (Å²) in [6, 6.07) is 8.46. The Morgan fingerprint density at radius 3 is 2.22 bits per heavy atom. The summed E-state index contributed by atoms with van der Waals surface area (Å²) in [7, 11) is 1.55. The molecule has 0 radical (unpaired) electrons. The van der Waals surface area contributed by atoms with Crippen LogP contribution < -0.4 is 4.74 Å². The van der Waals surface area contributed by atoms with Crippen LogP contribution >= 0.6 is 0 Å². The van der Waals surface area contributed by atoms with Gasteiger partial charge < -0.3 is 4.74 Å². The number of aliphatic imine (C=N–C) groups is 1. The number of hydrogen-bond donors (Lipinski definition) is 0. The maximum atomic E-state index is 12.1. The van der Waals surface area contributed by atoms with Crippen LogP contribution in [0.4, 0.5) is 0 Å². The lowest BCUT2D eigenvalue weighted by Gasteiger charge is -2.12. The Balaban J connectivity index is 3.05. The van der Waals surface area contributed by atoms with Crippen molar-refractivity contribution < 1.29 is 9.53 Å². The molecule has 0 atom stereocenters. The van der Waals surface area contributed by atoms with Gasteiger partial charge in [-0.05, 0) is 45.0 Å². The molecule has 0 aliphatic carbocycles. The fraction of sp³-hybridized carbons (Fsp3) is 0.357. The molecule has 0 fully saturated rings. The highest BCUT2D eigenvalue weighted by Crippen LogP contribution is 2.14. The van der Waals surface area contributed by atoms with Gasteiger partial charge in [0.2, 0.25) is 5.78 Å². The van der Waals surface area contributed by atoms with Crippen LogP contribution in [0.15, 0.2) is 29.3 Å². The van der Waals surface area contributed by atoms with Gasteiger partial charge in [-0.1, -0.05) is 0 Å². The van der Waals surface area contributed by atoms with E-state index in [-0.39, 0.29) is 11.5 Å². The molecule has 4 nitrogen and oxygen atoms in total. The lowest BCUT2D eigenvalue weighted by Crippen LogP contribution is -2.19. The Kier molecular flexibility index (Phi) is 4.22. The third kappa shape index (κ3) is 3.70. The van der Waals surface area contributed by atoms with Crippen molar-refractivity contribution in [3.05, 3.63) is 29.8 Å². The molecule has 1 aromatic rings. The second-order valence-corrected chi connectivity index (χ2v) is 4.80. The first-order valence-electron chi connectivity index (χ1n) is 5.56. The number of Topliss-reactive ketones (excluding diaryl/α,β-unsaturated/α-hetero) is 1. The third-order valence-corrected chi connectivity index (χ3v) is 2.12. The molecule has 0 saturated carbocycles. The van der Waals surface area contributed by atoms with Gasteiger partial charge >= 0.3 is 0 Å². The molecule has 1 rings (SSSR count). The number of hydrogen-bond acceptors (Lipinski definition) is 4. The van der Waals surface area contributed by atoms with Crippen molar-refractivity contribution in [1.29, 1.82) is 5.26 Å². The number of benzene rings is 1. The van der Waals surface area contributed by atoms with E-state index in [0.29, 0.717) is 11.3 Å². The smallest absolute Gasteiger partial charge is 0.221 e. The molecule has 4 heteroatoms. The lowest BCUT2D eigenvalue weighted by molar-refractivity contribution is 0.106. The molecule has 0 amide bonds. The largest absolute Gasteiger partial charge is 0.497 e. The minimum atomic E-state index is -0.451. The molecule has 0 aromatic heterocycles. The fourth-order valence-corrected chi connectivity index (χ4v) is 1.34. The molecule has 1 aromatic carbocycles. The standard InChI is InChI=1S/C14H16N2O2/c1-14(2,3)16-12(9-15)13(17)10-5-7-11(18-4)8-6-10/h5-8H,1-4H3. The number of carbonyl (C=O) groups excluding carboxylic acids is 1. The first kappa shape index (κ1) is 13.9. The number of ether oxygens (including phenoxy) is 1. The molecular weight excluding hydrogens is 228 g/mol. The van der Waals surface area contributed by atoms with Crippen LogP contribution in [0.1, 0.15) is 31.1 Å². The predicted octanol–water partition coefficient (Wildman–Crippen LogP) is 2.64. The quantitative estimate of drug-likeness (QED) is 0.606. The lowest BCUT2D eigenvalue weighted by atomic mass is 10.1. The number of ketones is 1. The minimum Gasteiger partial charge on any atom is -0.497 e. The average Bonchev–Trinajstić information content (AvgIpc) is 2.34. The van der Waals surface area contributed by atoms with Crippen LogP contribution in [0.25, 0.3) is 0 Å². The number of methoxy groups -OCH3 is 1. The van der Waals surface area contributed by atoms with Gasteiger partial charge in [0, 0.05) is 5.56 Å². The maximum Gasteiger partial charge on any atom is 0.221 e. The molecule has 0 heterocycles. The topological polar surface area (TPSA) is 62.5 Å². The van der Waals surface area contributed by atoms with E-state index in [9.17, 15) is 4.79 Å². The summed E-state index contributed by atoms with van der Waals surface area (Å²) in [4.78, 5) is 16.2.